The zero-order valence-corrected chi connectivity index (χ0v) is 14.7. The molecule has 5 rings (SSSR count). The molecule has 2 aliphatic carbocycles. The summed E-state index contributed by atoms with van der Waals surface area (Å²) in [6, 6.07) is 13.9. The Morgan fingerprint density at radius 2 is 1.88 bits per heavy atom. The largest absolute Gasteiger partial charge is 0.497 e. The van der Waals surface area contributed by atoms with E-state index in [1.54, 1.807) is 13.2 Å². The number of non-ortho nitro benzene ring substituents is 1. The summed E-state index contributed by atoms with van der Waals surface area (Å²) >= 11 is 0. The number of nitrogens with one attached hydrogen (secondary N) is 1. The van der Waals surface area contributed by atoms with Crippen molar-refractivity contribution in [3.63, 3.8) is 0 Å². The minimum atomic E-state index is -0.280. The van der Waals surface area contributed by atoms with Gasteiger partial charge in [0.05, 0.1) is 18.1 Å². The molecule has 0 saturated heterocycles. The topological polar surface area (TPSA) is 64.4 Å². The molecule has 5 nitrogen and oxygen atoms in total. The highest BCUT2D eigenvalue weighted by molar-refractivity contribution is 5.62. The lowest BCUT2D eigenvalue weighted by Gasteiger charge is -2.43. The van der Waals surface area contributed by atoms with Crippen molar-refractivity contribution in [1.29, 1.82) is 0 Å². The third kappa shape index (κ3) is 2.23. The Morgan fingerprint density at radius 1 is 1.12 bits per heavy atom. The van der Waals surface area contributed by atoms with Crippen molar-refractivity contribution in [2.45, 2.75) is 31.2 Å². The highest BCUT2D eigenvalue weighted by Crippen LogP contribution is 2.63. The van der Waals surface area contributed by atoms with Crippen LogP contribution in [0, 0.1) is 27.9 Å². The molecule has 134 valence electrons. The second kappa shape index (κ2) is 5.73. The van der Waals surface area contributed by atoms with Crippen LogP contribution in [0.4, 0.5) is 11.4 Å². The van der Waals surface area contributed by atoms with Crippen LogP contribution in [-0.4, -0.2) is 12.0 Å². The number of anilines is 1. The third-order valence-corrected chi connectivity index (χ3v) is 6.76. The maximum atomic E-state index is 11.3. The molecule has 3 aliphatic rings. The van der Waals surface area contributed by atoms with Crippen LogP contribution in [0.25, 0.3) is 0 Å². The summed E-state index contributed by atoms with van der Waals surface area (Å²) in [4.78, 5) is 11.0. The van der Waals surface area contributed by atoms with Crippen molar-refractivity contribution >= 4 is 11.4 Å². The molecule has 1 heterocycles. The predicted molar refractivity (Wildman–Crippen MR) is 99.5 cm³/mol. The van der Waals surface area contributed by atoms with Crippen molar-refractivity contribution in [3.8, 4) is 5.75 Å². The van der Waals surface area contributed by atoms with Crippen LogP contribution >= 0.6 is 0 Å². The predicted octanol–water partition coefficient (Wildman–Crippen LogP) is 4.90. The molecule has 0 aromatic heterocycles. The molecule has 0 radical (unpaired) electrons. The first-order chi connectivity index (χ1) is 12.7. The molecule has 26 heavy (non-hydrogen) atoms. The number of benzene rings is 2. The monoisotopic (exact) mass is 350 g/mol. The quantitative estimate of drug-likeness (QED) is 0.632. The molecule has 2 fully saturated rings. The van der Waals surface area contributed by atoms with Crippen molar-refractivity contribution in [2.75, 3.05) is 12.4 Å². The zero-order valence-electron chi connectivity index (χ0n) is 14.7. The van der Waals surface area contributed by atoms with Gasteiger partial charge in [-0.1, -0.05) is 12.1 Å². The fraction of sp³-hybridized carbons (Fsp3) is 0.429. The Kier molecular flexibility index (Phi) is 3.45. The average Bonchev–Trinajstić information content (AvgIpc) is 3.29. The average molecular weight is 350 g/mol. The van der Waals surface area contributed by atoms with Crippen molar-refractivity contribution in [1.82, 2.24) is 0 Å². The molecular formula is C21H22N2O3. The first-order valence-electron chi connectivity index (χ1n) is 9.34. The van der Waals surface area contributed by atoms with E-state index in [1.165, 1.54) is 24.8 Å². The van der Waals surface area contributed by atoms with Crippen molar-refractivity contribution in [3.05, 3.63) is 63.7 Å². The van der Waals surface area contributed by atoms with E-state index in [4.69, 9.17) is 4.74 Å². The molecule has 0 unspecified atom stereocenters. The SMILES string of the molecule is COc1ccc([C@@H]2Nc3ccc([N+](=O)[O-])cc3[C@@H]3[C@H]4CC[C@@H](C4)[C@H]32)cc1. The number of rotatable bonds is 3. The highest BCUT2D eigenvalue weighted by Gasteiger charge is 2.54. The van der Waals surface area contributed by atoms with Gasteiger partial charge in [-0.3, -0.25) is 10.1 Å². The van der Waals surface area contributed by atoms with E-state index in [0.717, 1.165) is 17.0 Å². The summed E-state index contributed by atoms with van der Waals surface area (Å²) in [6.45, 7) is 0. The molecule has 5 atom stereocenters. The van der Waals surface area contributed by atoms with Crippen molar-refractivity contribution in [2.24, 2.45) is 17.8 Å². The van der Waals surface area contributed by atoms with Gasteiger partial charge in [0.15, 0.2) is 0 Å². The Bertz CT molecular complexity index is 864. The Hall–Kier alpha value is -2.56. The molecule has 2 saturated carbocycles. The summed E-state index contributed by atoms with van der Waals surface area (Å²) in [5.41, 5.74) is 3.69. The fourth-order valence-corrected chi connectivity index (χ4v) is 5.73. The standard InChI is InChI=1S/C21H22N2O3/c1-26-16-7-4-12(5-8-16)21-20-14-3-2-13(10-14)19(20)17-11-15(23(24)25)6-9-18(17)22-21/h4-9,11,13-14,19-22H,2-3,10H2,1H3/t13-,14-,19-,20+,21-/m0/s1. The van der Waals surface area contributed by atoms with Crippen LogP contribution in [0.3, 0.4) is 0 Å². The molecule has 5 heteroatoms. The molecule has 2 aromatic carbocycles. The molecule has 1 N–H and O–H groups in total. The van der Waals surface area contributed by atoms with Crippen LogP contribution < -0.4 is 10.1 Å². The van der Waals surface area contributed by atoms with E-state index in [2.05, 4.69) is 17.4 Å². The molecular weight excluding hydrogens is 328 g/mol. The van der Waals surface area contributed by atoms with E-state index in [1.807, 2.05) is 24.3 Å². The van der Waals surface area contributed by atoms with Gasteiger partial charge in [0.2, 0.25) is 0 Å². The Morgan fingerprint density at radius 3 is 2.62 bits per heavy atom. The van der Waals surface area contributed by atoms with Gasteiger partial charge in [-0.15, -0.1) is 0 Å². The first kappa shape index (κ1) is 15.7. The summed E-state index contributed by atoms with van der Waals surface area (Å²) in [5, 5.41) is 15.0. The van der Waals surface area contributed by atoms with Gasteiger partial charge < -0.3 is 10.1 Å². The molecule has 1 aliphatic heterocycles. The second-order valence-corrected chi connectivity index (χ2v) is 7.86. The number of nitrogens with zero attached hydrogens (tertiary/aromatic N) is 1. The van der Waals surface area contributed by atoms with Gasteiger partial charge in [0.1, 0.15) is 5.75 Å². The highest BCUT2D eigenvalue weighted by atomic mass is 16.6. The van der Waals surface area contributed by atoms with Gasteiger partial charge in [-0.2, -0.15) is 0 Å². The van der Waals surface area contributed by atoms with E-state index >= 15 is 0 Å². The fourth-order valence-electron chi connectivity index (χ4n) is 5.73. The minimum absolute atomic E-state index is 0.204. The van der Waals surface area contributed by atoms with E-state index < -0.39 is 0 Å². The maximum Gasteiger partial charge on any atom is 0.269 e. The van der Waals surface area contributed by atoms with E-state index in [9.17, 15) is 10.1 Å². The second-order valence-electron chi connectivity index (χ2n) is 7.86. The lowest BCUT2D eigenvalue weighted by Crippen LogP contribution is -2.35. The number of methoxy groups -OCH3 is 1. The number of hydrogen-bond acceptors (Lipinski definition) is 4. The molecule has 0 amide bonds. The third-order valence-electron chi connectivity index (χ3n) is 6.76. The lowest BCUT2D eigenvalue weighted by atomic mass is 9.68. The van der Waals surface area contributed by atoms with Crippen LogP contribution in [0.15, 0.2) is 42.5 Å². The number of nitro groups is 1. The number of nitro benzene ring substituents is 1. The Labute approximate surface area is 152 Å². The maximum absolute atomic E-state index is 11.3. The molecule has 2 bridgehead atoms. The normalized spacial score (nSPS) is 31.0. The van der Waals surface area contributed by atoms with E-state index in [0.29, 0.717) is 23.7 Å². The van der Waals surface area contributed by atoms with Gasteiger partial charge in [-0.05, 0) is 72.3 Å². The lowest BCUT2D eigenvalue weighted by molar-refractivity contribution is -0.384. The summed E-state index contributed by atoms with van der Waals surface area (Å²) < 4.78 is 5.30. The number of hydrogen-bond donors (Lipinski definition) is 1. The summed E-state index contributed by atoms with van der Waals surface area (Å²) in [7, 11) is 1.68. The number of ether oxygens (including phenoxy) is 1. The molecule has 0 spiro atoms. The number of fused-ring (bicyclic) bond motifs is 7. The van der Waals surface area contributed by atoms with Gasteiger partial charge in [-0.25, -0.2) is 0 Å². The smallest absolute Gasteiger partial charge is 0.269 e. The molecule has 2 aromatic rings. The van der Waals surface area contributed by atoms with Gasteiger partial charge in [0, 0.05) is 17.8 Å². The van der Waals surface area contributed by atoms with Gasteiger partial charge >= 0.3 is 0 Å². The van der Waals surface area contributed by atoms with Crippen LogP contribution in [0.1, 0.15) is 42.3 Å². The summed E-state index contributed by atoms with van der Waals surface area (Å²) in [5.74, 6) is 3.17. The van der Waals surface area contributed by atoms with Crippen LogP contribution in [0.2, 0.25) is 0 Å². The van der Waals surface area contributed by atoms with Crippen LogP contribution in [0.5, 0.6) is 5.75 Å². The zero-order chi connectivity index (χ0) is 17.8. The Balaban J connectivity index is 1.59. The summed E-state index contributed by atoms with van der Waals surface area (Å²) in [6.07, 6.45) is 3.79. The first-order valence-corrected chi connectivity index (χ1v) is 9.34. The van der Waals surface area contributed by atoms with Crippen LogP contribution in [-0.2, 0) is 0 Å². The minimum Gasteiger partial charge on any atom is -0.497 e. The van der Waals surface area contributed by atoms with Gasteiger partial charge in [0.25, 0.3) is 5.69 Å². The van der Waals surface area contributed by atoms with Crippen molar-refractivity contribution < 1.29 is 9.66 Å². The van der Waals surface area contributed by atoms with E-state index in [-0.39, 0.29) is 16.7 Å².